The van der Waals surface area contributed by atoms with Gasteiger partial charge in [0.2, 0.25) is 0 Å². The maximum atomic E-state index is 10.9. The number of nitrogen functional groups attached to an aromatic ring is 1. The lowest BCUT2D eigenvalue weighted by molar-refractivity contribution is -0.385. The Hall–Kier alpha value is -2.28. The Kier molecular flexibility index (Phi) is 4.41. The molecule has 0 aliphatic carbocycles. The lowest BCUT2D eigenvalue weighted by Crippen LogP contribution is -1.94. The SMILES string of the molecule is COc1cc(CSc2ccncc2N)cc([N+](=O)[O-])c1. The van der Waals surface area contributed by atoms with Crippen LogP contribution in [-0.4, -0.2) is 17.0 Å². The highest BCUT2D eigenvalue weighted by atomic mass is 32.2. The predicted molar refractivity (Wildman–Crippen MR) is 77.9 cm³/mol. The number of non-ortho nitro benzene ring substituents is 1. The van der Waals surface area contributed by atoms with E-state index in [1.165, 1.54) is 31.0 Å². The molecule has 0 radical (unpaired) electrons. The number of anilines is 1. The van der Waals surface area contributed by atoms with Crippen LogP contribution in [0.25, 0.3) is 0 Å². The highest BCUT2D eigenvalue weighted by Gasteiger charge is 2.11. The molecule has 0 atom stereocenters. The van der Waals surface area contributed by atoms with Crippen LogP contribution in [0.4, 0.5) is 11.4 Å². The number of nitro groups is 1. The normalized spacial score (nSPS) is 10.2. The van der Waals surface area contributed by atoms with Gasteiger partial charge in [-0.1, -0.05) is 0 Å². The summed E-state index contributed by atoms with van der Waals surface area (Å²) in [6.07, 6.45) is 3.24. The molecule has 0 saturated heterocycles. The fraction of sp³-hybridized carbons (Fsp3) is 0.154. The molecule has 0 bridgehead atoms. The van der Waals surface area contributed by atoms with Gasteiger partial charge in [0.1, 0.15) is 5.75 Å². The first-order valence-electron chi connectivity index (χ1n) is 5.75. The highest BCUT2D eigenvalue weighted by Crippen LogP contribution is 2.30. The number of aromatic nitrogens is 1. The lowest BCUT2D eigenvalue weighted by Gasteiger charge is -2.06. The Morgan fingerprint density at radius 1 is 1.45 bits per heavy atom. The molecule has 0 aliphatic rings. The Labute approximate surface area is 120 Å². The first-order valence-corrected chi connectivity index (χ1v) is 6.73. The molecule has 0 fully saturated rings. The number of pyridine rings is 1. The van der Waals surface area contributed by atoms with E-state index in [-0.39, 0.29) is 5.69 Å². The molecule has 104 valence electrons. The summed E-state index contributed by atoms with van der Waals surface area (Å²) in [7, 11) is 1.48. The Morgan fingerprint density at radius 2 is 2.25 bits per heavy atom. The summed E-state index contributed by atoms with van der Waals surface area (Å²) in [6, 6.07) is 6.52. The van der Waals surface area contributed by atoms with Crippen molar-refractivity contribution in [1.29, 1.82) is 0 Å². The first kappa shape index (κ1) is 14.1. The Morgan fingerprint density at radius 3 is 2.90 bits per heavy atom. The summed E-state index contributed by atoms with van der Waals surface area (Å²) in [4.78, 5) is 15.2. The summed E-state index contributed by atoms with van der Waals surface area (Å²) < 4.78 is 5.07. The molecule has 0 amide bonds. The molecule has 0 aliphatic heterocycles. The lowest BCUT2D eigenvalue weighted by atomic mass is 10.2. The van der Waals surface area contributed by atoms with E-state index in [9.17, 15) is 10.1 Å². The van der Waals surface area contributed by atoms with E-state index in [2.05, 4.69) is 4.98 Å². The van der Waals surface area contributed by atoms with E-state index < -0.39 is 4.92 Å². The summed E-state index contributed by atoms with van der Waals surface area (Å²) in [5.74, 6) is 1.03. The molecule has 2 N–H and O–H groups in total. The van der Waals surface area contributed by atoms with Gasteiger partial charge in [0.25, 0.3) is 5.69 Å². The third-order valence-electron chi connectivity index (χ3n) is 2.60. The van der Waals surface area contributed by atoms with E-state index in [1.54, 1.807) is 18.5 Å². The molecule has 0 spiro atoms. The van der Waals surface area contributed by atoms with Crippen LogP contribution in [0.15, 0.2) is 41.6 Å². The predicted octanol–water partition coefficient (Wildman–Crippen LogP) is 2.87. The number of rotatable bonds is 5. The van der Waals surface area contributed by atoms with E-state index in [0.717, 1.165) is 10.5 Å². The van der Waals surface area contributed by atoms with Crippen LogP contribution in [-0.2, 0) is 5.75 Å². The number of ether oxygens (including phenoxy) is 1. The summed E-state index contributed by atoms with van der Waals surface area (Å²) in [5, 5.41) is 10.9. The summed E-state index contributed by atoms with van der Waals surface area (Å²) in [5.41, 5.74) is 7.21. The van der Waals surface area contributed by atoms with Crippen molar-refractivity contribution in [2.75, 3.05) is 12.8 Å². The van der Waals surface area contributed by atoms with Crippen LogP contribution in [0.5, 0.6) is 5.75 Å². The third-order valence-corrected chi connectivity index (χ3v) is 3.76. The van der Waals surface area contributed by atoms with Crippen LogP contribution in [0, 0.1) is 10.1 Å². The first-order chi connectivity index (χ1) is 9.60. The second kappa shape index (κ2) is 6.25. The number of hydrogen-bond donors (Lipinski definition) is 1. The second-order valence-electron chi connectivity index (χ2n) is 4.00. The number of benzene rings is 1. The van der Waals surface area contributed by atoms with Gasteiger partial charge in [-0.2, -0.15) is 0 Å². The zero-order valence-electron chi connectivity index (χ0n) is 10.8. The van der Waals surface area contributed by atoms with Gasteiger partial charge >= 0.3 is 0 Å². The van der Waals surface area contributed by atoms with Gasteiger partial charge in [0, 0.05) is 22.9 Å². The van der Waals surface area contributed by atoms with Gasteiger partial charge in [-0.05, 0) is 17.7 Å². The minimum Gasteiger partial charge on any atom is -0.496 e. The molecule has 1 aromatic carbocycles. The van der Waals surface area contributed by atoms with Crippen LogP contribution >= 0.6 is 11.8 Å². The number of methoxy groups -OCH3 is 1. The minimum absolute atomic E-state index is 0.0163. The van der Waals surface area contributed by atoms with E-state index in [1.807, 2.05) is 6.07 Å². The highest BCUT2D eigenvalue weighted by molar-refractivity contribution is 7.98. The van der Waals surface area contributed by atoms with E-state index in [0.29, 0.717) is 17.2 Å². The molecule has 6 nitrogen and oxygen atoms in total. The van der Waals surface area contributed by atoms with Crippen molar-refractivity contribution >= 4 is 23.1 Å². The zero-order valence-corrected chi connectivity index (χ0v) is 11.6. The Balaban J connectivity index is 2.19. The van der Waals surface area contributed by atoms with Crippen molar-refractivity contribution in [3.05, 3.63) is 52.3 Å². The standard InChI is InChI=1S/C13H13N3O3S/c1-19-11-5-9(4-10(6-11)16(17)18)8-20-13-2-3-15-7-12(13)14/h2-7H,8,14H2,1H3. The Bertz CT molecular complexity index is 634. The van der Waals surface area contributed by atoms with Gasteiger partial charge in [-0.15, -0.1) is 11.8 Å². The average molecular weight is 291 g/mol. The fourth-order valence-corrected chi connectivity index (χ4v) is 2.50. The fourth-order valence-electron chi connectivity index (χ4n) is 1.64. The van der Waals surface area contributed by atoms with Crippen LogP contribution in [0.1, 0.15) is 5.56 Å². The number of nitro benzene ring substituents is 1. The van der Waals surface area contributed by atoms with Crippen molar-refractivity contribution in [2.45, 2.75) is 10.6 Å². The quantitative estimate of drug-likeness (QED) is 0.517. The monoisotopic (exact) mass is 291 g/mol. The molecular weight excluding hydrogens is 278 g/mol. The van der Waals surface area contributed by atoms with Gasteiger partial charge in [0.05, 0.1) is 30.0 Å². The van der Waals surface area contributed by atoms with Gasteiger partial charge in [-0.25, -0.2) is 0 Å². The molecule has 2 aromatic rings. The number of nitrogens with two attached hydrogens (primary N) is 1. The number of nitrogens with zero attached hydrogens (tertiary/aromatic N) is 2. The maximum absolute atomic E-state index is 10.9. The third kappa shape index (κ3) is 3.39. The van der Waals surface area contributed by atoms with Crippen molar-refractivity contribution in [3.63, 3.8) is 0 Å². The van der Waals surface area contributed by atoms with Crippen molar-refractivity contribution < 1.29 is 9.66 Å². The molecule has 7 heteroatoms. The largest absolute Gasteiger partial charge is 0.496 e. The van der Waals surface area contributed by atoms with Crippen LogP contribution < -0.4 is 10.5 Å². The van der Waals surface area contributed by atoms with Gasteiger partial charge < -0.3 is 10.5 Å². The number of thioether (sulfide) groups is 1. The smallest absolute Gasteiger partial charge is 0.273 e. The van der Waals surface area contributed by atoms with Gasteiger partial charge in [0.15, 0.2) is 0 Å². The van der Waals surface area contributed by atoms with Gasteiger partial charge in [-0.3, -0.25) is 15.1 Å². The molecule has 20 heavy (non-hydrogen) atoms. The maximum Gasteiger partial charge on any atom is 0.273 e. The average Bonchev–Trinajstić information content (AvgIpc) is 2.46. The molecule has 0 saturated carbocycles. The topological polar surface area (TPSA) is 91.3 Å². The molecule has 1 heterocycles. The van der Waals surface area contributed by atoms with E-state index in [4.69, 9.17) is 10.5 Å². The van der Waals surface area contributed by atoms with Crippen molar-refractivity contribution in [2.24, 2.45) is 0 Å². The zero-order chi connectivity index (χ0) is 14.5. The van der Waals surface area contributed by atoms with Crippen molar-refractivity contribution in [1.82, 2.24) is 4.98 Å². The van der Waals surface area contributed by atoms with Crippen LogP contribution in [0.2, 0.25) is 0 Å². The van der Waals surface area contributed by atoms with Crippen molar-refractivity contribution in [3.8, 4) is 5.75 Å². The second-order valence-corrected chi connectivity index (χ2v) is 5.02. The van der Waals surface area contributed by atoms with Crippen LogP contribution in [0.3, 0.4) is 0 Å². The minimum atomic E-state index is -0.433. The molecule has 0 unspecified atom stereocenters. The molecular formula is C13H13N3O3S. The molecule has 2 rings (SSSR count). The number of hydrogen-bond acceptors (Lipinski definition) is 6. The summed E-state index contributed by atoms with van der Waals surface area (Å²) in [6.45, 7) is 0. The molecule has 1 aromatic heterocycles. The van der Waals surface area contributed by atoms with E-state index >= 15 is 0 Å². The summed E-state index contributed by atoms with van der Waals surface area (Å²) >= 11 is 1.50.